The summed E-state index contributed by atoms with van der Waals surface area (Å²) in [6.45, 7) is 5.37. The zero-order chi connectivity index (χ0) is 11.5. The van der Waals surface area contributed by atoms with Gasteiger partial charge in [-0.1, -0.05) is 0 Å². The van der Waals surface area contributed by atoms with E-state index in [1.807, 2.05) is 0 Å². The molecule has 10 aliphatic heterocycles. The number of hydrogen-bond donors (Lipinski definition) is 2. The Morgan fingerprint density at radius 1 is 0.882 bits per heavy atom. The molecule has 2 nitrogen and oxygen atoms in total. The molecule has 0 saturated carbocycles. The maximum atomic E-state index is 6.00. The zero-order valence-electron chi connectivity index (χ0n) is 10.4. The summed E-state index contributed by atoms with van der Waals surface area (Å²) >= 11 is 0. The quantitative estimate of drug-likeness (QED) is 0.410. The van der Waals surface area contributed by atoms with Gasteiger partial charge in [-0.25, -0.2) is 0 Å². The van der Waals surface area contributed by atoms with Gasteiger partial charge in [0, 0.05) is 0 Å². The Balaban J connectivity index is 0.000000302. The standard InChI is InChI=1S/C9H13.C5H5.Fe.H2O2/c1-7(2)9-6-4-5-8(9)3;1-2-4-5-3-1;;1-2/h4-7H,1-3H3;1-5H;;1-2H. The van der Waals surface area contributed by atoms with E-state index in [2.05, 4.69) is 20.8 Å². The Morgan fingerprint density at radius 3 is 1.41 bits per heavy atom. The molecule has 10 aliphatic rings. The maximum absolute atomic E-state index is 6.00. The predicted octanol–water partition coefficient (Wildman–Crippen LogP) is 4.81. The molecule has 0 amide bonds. The first-order chi connectivity index (χ1) is 7.88. The molecule has 0 aliphatic carbocycles. The van der Waals surface area contributed by atoms with Gasteiger partial charge in [0.2, 0.25) is 0 Å². The van der Waals surface area contributed by atoms with Crippen LogP contribution in [-0.4, -0.2) is 10.5 Å². The van der Waals surface area contributed by atoms with Gasteiger partial charge in [0.1, 0.15) is 0 Å². The van der Waals surface area contributed by atoms with E-state index in [1.54, 1.807) is 0 Å². The van der Waals surface area contributed by atoms with Crippen LogP contribution in [0, 0.1) is 5.92 Å². The Bertz CT molecular complexity index is 921. The van der Waals surface area contributed by atoms with Gasteiger partial charge in [-0.3, -0.25) is 10.5 Å². The number of fused-ring (bicyclic) bond motifs is 10. The summed E-state index contributed by atoms with van der Waals surface area (Å²) in [5.41, 5.74) is 0. The maximum Gasteiger partial charge on any atom is -0.255 e. The molecular weight excluding hydrogens is 256 g/mol. The smallest absolute Gasteiger partial charge is 0.255 e. The van der Waals surface area contributed by atoms with Crippen LogP contribution in [0.25, 0.3) is 0 Å². The number of rotatable bonds is 1. The molecule has 10 saturated heterocycles. The van der Waals surface area contributed by atoms with Crippen molar-refractivity contribution >= 4 is 0 Å². The van der Waals surface area contributed by atoms with Crippen LogP contribution in [0.3, 0.4) is 0 Å². The molecule has 0 aromatic heterocycles. The zero-order valence-corrected chi connectivity index (χ0v) is 11.5. The third-order valence-corrected chi connectivity index (χ3v) is 61.4. The molecule has 0 aromatic rings. The van der Waals surface area contributed by atoms with Crippen LogP contribution in [0.2, 0.25) is 47.2 Å². The molecule has 10 fully saturated rings. The van der Waals surface area contributed by atoms with Gasteiger partial charge < -0.3 is 0 Å². The summed E-state index contributed by atoms with van der Waals surface area (Å²) in [6.07, 6.45) is 0. The van der Waals surface area contributed by atoms with Gasteiger partial charge in [-0.15, -0.1) is 0 Å². The predicted molar refractivity (Wildman–Crippen MR) is 61.2 cm³/mol. The van der Waals surface area contributed by atoms with E-state index < -0.39 is 6.51 Å². The monoisotopic (exact) mass is 276 g/mol. The van der Waals surface area contributed by atoms with Crippen molar-refractivity contribution < 1.29 is 17.0 Å². The van der Waals surface area contributed by atoms with E-state index >= 15 is 0 Å². The van der Waals surface area contributed by atoms with Crippen LogP contribution >= 0.6 is 0 Å². The second-order valence-corrected chi connectivity index (χ2v) is 34.8. The molecule has 10 heterocycles. The topological polar surface area (TPSA) is 40.5 Å². The van der Waals surface area contributed by atoms with Crippen LogP contribution in [0.4, 0.5) is 0 Å². The normalized spacial score (nSPS) is 123. The van der Waals surface area contributed by atoms with Gasteiger partial charge in [-0.05, 0) is 0 Å². The van der Waals surface area contributed by atoms with Gasteiger partial charge >= 0.3 is 80.4 Å². The van der Waals surface area contributed by atoms with E-state index in [1.165, 1.54) is 38.5 Å². The van der Waals surface area contributed by atoms with Gasteiger partial charge in [-0.2, -0.15) is 0 Å². The molecule has 5 atom stereocenters. The second-order valence-electron chi connectivity index (χ2n) is 11.3. The van der Waals surface area contributed by atoms with Crippen LogP contribution in [0.5, 0.6) is 0 Å². The van der Waals surface area contributed by atoms with E-state index in [9.17, 15) is 0 Å². The number of hydrogen-bond acceptors (Lipinski definition) is 2. The van der Waals surface area contributed by atoms with Crippen LogP contribution in [0.15, 0.2) is 0 Å². The Kier molecular flexibility index (Phi) is 0.235. The molecule has 5 unspecified atom stereocenters. The van der Waals surface area contributed by atoms with Gasteiger partial charge in [0.15, 0.2) is 0 Å². The van der Waals surface area contributed by atoms with Crippen LogP contribution < -0.4 is 0 Å². The van der Waals surface area contributed by atoms with Crippen molar-refractivity contribution in [2.24, 2.45) is 5.92 Å². The SMILES string of the molecule is CC(C)[C]12[CH]3[CH]4[CH]5[C]1(C)[Fe]45321678[CH]2[CH]1[CH]6[CH]7[CH]28.OO. The molecule has 0 radical (unpaired) electrons. The average Bonchev–Trinajstić information content (AvgIpc) is 3.25. The first-order valence-corrected chi connectivity index (χ1v) is 13.5. The minimum atomic E-state index is -2.76. The third-order valence-electron chi connectivity index (χ3n) is 16.6. The average molecular weight is 276 g/mol. The van der Waals surface area contributed by atoms with E-state index in [-0.39, 0.29) is 0 Å². The van der Waals surface area contributed by atoms with Crippen molar-refractivity contribution in [1.29, 1.82) is 0 Å². The molecular formula is C14H20FeO2. The fourth-order valence-corrected chi connectivity index (χ4v) is 99.2. The van der Waals surface area contributed by atoms with Crippen molar-refractivity contribution in [3.8, 4) is 0 Å². The van der Waals surface area contributed by atoms with E-state index in [0.717, 1.165) is 14.5 Å². The molecule has 0 aromatic carbocycles. The second kappa shape index (κ2) is 0.550. The van der Waals surface area contributed by atoms with Crippen LogP contribution in [0.1, 0.15) is 20.8 Å². The minimum absolute atomic E-state index is 1.10. The largest absolute Gasteiger partial charge is 0.255 e. The summed E-state index contributed by atoms with van der Waals surface area (Å²) in [4.78, 5) is 12.1. The molecule has 17 heavy (non-hydrogen) atoms. The van der Waals surface area contributed by atoms with E-state index in [4.69, 9.17) is 10.5 Å². The summed E-state index contributed by atoms with van der Waals surface area (Å²) in [5, 5.41) is 12.0. The van der Waals surface area contributed by atoms with E-state index in [0.29, 0.717) is 0 Å². The Morgan fingerprint density at radius 2 is 1.35 bits per heavy atom. The van der Waals surface area contributed by atoms with Crippen molar-refractivity contribution in [3.05, 3.63) is 0 Å². The van der Waals surface area contributed by atoms with Crippen molar-refractivity contribution in [1.82, 2.24) is 0 Å². The summed E-state index contributed by atoms with van der Waals surface area (Å²) in [7, 11) is 0. The molecule has 1 spiro atoms. The fraction of sp³-hybridized carbons (Fsp3) is 1.00. The third kappa shape index (κ3) is 0.0629. The van der Waals surface area contributed by atoms with Crippen molar-refractivity contribution in [2.45, 2.75) is 67.9 Å². The van der Waals surface area contributed by atoms with Crippen LogP contribution in [-0.2, 0) is 6.51 Å². The van der Waals surface area contributed by atoms with Crippen molar-refractivity contribution in [3.63, 3.8) is 0 Å². The summed E-state index contributed by atoms with van der Waals surface area (Å²) in [6, 6.07) is 0. The molecule has 3 heteroatoms. The molecule has 2 N–H and O–H groups in total. The first kappa shape index (κ1) is 7.28. The fourth-order valence-electron chi connectivity index (χ4n) is 19.7. The first-order valence-electron chi connectivity index (χ1n) is 7.29. The summed E-state index contributed by atoms with van der Waals surface area (Å²) < 4.78 is 2.24. The van der Waals surface area contributed by atoms with Crippen molar-refractivity contribution in [2.75, 3.05) is 0 Å². The Labute approximate surface area is 91.0 Å². The molecule has 96 valence electrons. The minimum Gasteiger partial charge on any atom is -0.255 e. The summed E-state index contributed by atoms with van der Waals surface area (Å²) in [5.74, 6) is 1.10. The molecule has 10 rings (SSSR count). The van der Waals surface area contributed by atoms with Gasteiger partial charge in [0.05, 0.1) is 0 Å². The van der Waals surface area contributed by atoms with Gasteiger partial charge in [0.25, 0.3) is 0 Å². The Hall–Kier alpha value is 0.439. The molecule has 0 bridgehead atoms.